The van der Waals surface area contributed by atoms with Gasteiger partial charge >= 0.3 is 11.6 Å². The summed E-state index contributed by atoms with van der Waals surface area (Å²) in [4.78, 5) is 14.7. The summed E-state index contributed by atoms with van der Waals surface area (Å²) in [6.45, 7) is 5.39. The van der Waals surface area contributed by atoms with Crippen LogP contribution in [-0.4, -0.2) is 26.2 Å². The monoisotopic (exact) mass is 291 g/mol. The van der Waals surface area contributed by atoms with Crippen molar-refractivity contribution in [2.45, 2.75) is 26.8 Å². The first-order chi connectivity index (χ1) is 10.1. The average Bonchev–Trinajstić information content (AvgIpc) is 2.92. The van der Waals surface area contributed by atoms with Gasteiger partial charge in [-0.2, -0.15) is 10.1 Å². The maximum absolute atomic E-state index is 11.0. The van der Waals surface area contributed by atoms with Crippen LogP contribution < -0.4 is 10.1 Å². The van der Waals surface area contributed by atoms with Gasteiger partial charge in [-0.25, -0.2) is 0 Å². The molecule has 2 heterocycles. The number of pyridine rings is 1. The number of aromatic nitrogens is 3. The van der Waals surface area contributed by atoms with Crippen LogP contribution in [0.2, 0.25) is 0 Å². The van der Waals surface area contributed by atoms with E-state index < -0.39 is 4.92 Å². The Hall–Kier alpha value is -2.64. The van der Waals surface area contributed by atoms with Gasteiger partial charge in [0.25, 0.3) is 0 Å². The number of aryl methyl sites for hydroxylation is 1. The predicted molar refractivity (Wildman–Crippen MR) is 77.6 cm³/mol. The van der Waals surface area contributed by atoms with Gasteiger partial charge in [0.1, 0.15) is 5.82 Å². The van der Waals surface area contributed by atoms with Crippen molar-refractivity contribution < 1.29 is 9.66 Å². The van der Waals surface area contributed by atoms with Crippen molar-refractivity contribution in [3.63, 3.8) is 0 Å². The lowest BCUT2D eigenvalue weighted by molar-refractivity contribution is -0.386. The van der Waals surface area contributed by atoms with Crippen molar-refractivity contribution >= 4 is 11.5 Å². The van der Waals surface area contributed by atoms with Crippen LogP contribution in [0.25, 0.3) is 0 Å². The fourth-order valence-electron chi connectivity index (χ4n) is 1.68. The molecule has 0 unspecified atom stereocenters. The Kier molecular flexibility index (Phi) is 4.70. The van der Waals surface area contributed by atoms with Crippen LogP contribution in [0.4, 0.5) is 11.5 Å². The lowest BCUT2D eigenvalue weighted by Gasteiger charge is -2.07. The Bertz CT molecular complexity index is 626. The molecule has 0 radical (unpaired) electrons. The third kappa shape index (κ3) is 3.68. The molecule has 0 saturated carbocycles. The first-order valence-electron chi connectivity index (χ1n) is 6.73. The van der Waals surface area contributed by atoms with Gasteiger partial charge in [-0.1, -0.05) is 6.92 Å². The van der Waals surface area contributed by atoms with E-state index in [9.17, 15) is 10.1 Å². The maximum atomic E-state index is 11.0. The molecule has 21 heavy (non-hydrogen) atoms. The highest BCUT2D eigenvalue weighted by atomic mass is 16.6. The molecule has 0 amide bonds. The summed E-state index contributed by atoms with van der Waals surface area (Å²) in [5, 5.41) is 18.2. The van der Waals surface area contributed by atoms with Crippen LogP contribution in [0.1, 0.15) is 20.3 Å². The van der Waals surface area contributed by atoms with E-state index in [4.69, 9.17) is 4.74 Å². The number of nitro groups is 1. The van der Waals surface area contributed by atoms with E-state index in [0.29, 0.717) is 18.1 Å². The Morgan fingerprint density at radius 3 is 2.86 bits per heavy atom. The van der Waals surface area contributed by atoms with E-state index >= 15 is 0 Å². The smallest absolute Gasteiger partial charge is 0.331 e. The lowest BCUT2D eigenvalue weighted by atomic mass is 10.4. The fraction of sp³-hybridized carbons (Fsp3) is 0.385. The van der Waals surface area contributed by atoms with Crippen molar-refractivity contribution in [3.8, 4) is 11.6 Å². The lowest BCUT2D eigenvalue weighted by Crippen LogP contribution is -2.04. The van der Waals surface area contributed by atoms with Crippen LogP contribution in [0, 0.1) is 10.1 Å². The molecule has 0 aliphatic rings. The second kappa shape index (κ2) is 6.69. The predicted octanol–water partition coefficient (Wildman–Crippen LogP) is 2.82. The molecule has 0 aromatic carbocycles. The molecule has 0 saturated heterocycles. The molecule has 0 bridgehead atoms. The first kappa shape index (κ1) is 14.8. The summed E-state index contributed by atoms with van der Waals surface area (Å²) in [6.07, 6.45) is 4.09. The van der Waals surface area contributed by atoms with E-state index in [0.717, 1.165) is 13.0 Å². The van der Waals surface area contributed by atoms with Crippen LogP contribution in [-0.2, 0) is 6.54 Å². The number of nitrogens with one attached hydrogen (secondary N) is 1. The number of nitrogens with zero attached hydrogens (tertiary/aromatic N) is 4. The first-order valence-corrected chi connectivity index (χ1v) is 6.73. The molecule has 0 spiro atoms. The Labute approximate surface area is 121 Å². The minimum Gasteiger partial charge on any atom is -0.430 e. The second-order valence-corrected chi connectivity index (χ2v) is 4.34. The highest BCUT2D eigenvalue weighted by Gasteiger charge is 2.19. The molecule has 8 nitrogen and oxygen atoms in total. The van der Waals surface area contributed by atoms with Crippen molar-refractivity contribution in [1.29, 1.82) is 0 Å². The zero-order valence-corrected chi connectivity index (χ0v) is 11.9. The topological polar surface area (TPSA) is 95.1 Å². The van der Waals surface area contributed by atoms with Gasteiger partial charge in [0.05, 0.1) is 17.3 Å². The molecule has 0 fully saturated rings. The molecule has 2 rings (SSSR count). The largest absolute Gasteiger partial charge is 0.430 e. The molecule has 8 heteroatoms. The zero-order chi connectivity index (χ0) is 15.2. The van der Waals surface area contributed by atoms with E-state index in [1.165, 1.54) is 12.3 Å². The van der Waals surface area contributed by atoms with Crippen molar-refractivity contribution in [1.82, 2.24) is 14.8 Å². The highest BCUT2D eigenvalue weighted by molar-refractivity contribution is 5.50. The summed E-state index contributed by atoms with van der Waals surface area (Å²) in [6, 6.07) is 2.95. The minimum absolute atomic E-state index is 0.0447. The average molecular weight is 291 g/mol. The standard InChI is InChI=1S/C13H17N5O3/c1-3-7-14-12-6-5-11(18(19)20)13(16-12)21-10-8-15-17(4-2)9-10/h5-6,8-9H,3-4,7H2,1-2H3,(H,14,16). The van der Waals surface area contributed by atoms with Crippen molar-refractivity contribution in [2.24, 2.45) is 0 Å². The quantitative estimate of drug-likeness (QED) is 0.622. The van der Waals surface area contributed by atoms with Crippen molar-refractivity contribution in [2.75, 3.05) is 11.9 Å². The zero-order valence-electron chi connectivity index (χ0n) is 11.9. The van der Waals surface area contributed by atoms with Crippen molar-refractivity contribution in [3.05, 3.63) is 34.6 Å². The van der Waals surface area contributed by atoms with Gasteiger partial charge < -0.3 is 10.1 Å². The van der Waals surface area contributed by atoms with Gasteiger partial charge in [0.2, 0.25) is 0 Å². The second-order valence-electron chi connectivity index (χ2n) is 4.34. The number of hydrogen-bond donors (Lipinski definition) is 1. The van der Waals surface area contributed by atoms with Crippen LogP contribution in [0.3, 0.4) is 0 Å². The van der Waals surface area contributed by atoms with E-state index in [2.05, 4.69) is 15.4 Å². The van der Waals surface area contributed by atoms with Crippen LogP contribution in [0.5, 0.6) is 11.6 Å². The third-order valence-corrected chi connectivity index (χ3v) is 2.74. The summed E-state index contributed by atoms with van der Waals surface area (Å²) >= 11 is 0. The Morgan fingerprint density at radius 2 is 2.24 bits per heavy atom. The third-order valence-electron chi connectivity index (χ3n) is 2.74. The van der Waals surface area contributed by atoms with E-state index in [1.54, 1.807) is 16.9 Å². The minimum atomic E-state index is -0.518. The fourth-order valence-corrected chi connectivity index (χ4v) is 1.68. The molecule has 112 valence electrons. The number of rotatable bonds is 7. The number of hydrogen-bond acceptors (Lipinski definition) is 6. The molecule has 2 aromatic rings. The van der Waals surface area contributed by atoms with Crippen LogP contribution >= 0.6 is 0 Å². The van der Waals surface area contributed by atoms with Gasteiger partial charge in [-0.3, -0.25) is 14.8 Å². The summed E-state index contributed by atoms with van der Waals surface area (Å²) < 4.78 is 7.16. The molecule has 0 aliphatic carbocycles. The molecular weight excluding hydrogens is 274 g/mol. The summed E-state index contributed by atoms with van der Waals surface area (Å²) in [5.74, 6) is 0.914. The van der Waals surface area contributed by atoms with Gasteiger partial charge in [0, 0.05) is 19.2 Å². The SMILES string of the molecule is CCCNc1ccc([N+](=O)[O-])c(Oc2cnn(CC)c2)n1. The summed E-state index contributed by atoms with van der Waals surface area (Å²) in [5.41, 5.74) is -0.179. The maximum Gasteiger partial charge on any atom is 0.331 e. The van der Waals surface area contributed by atoms with E-state index in [1.807, 2.05) is 13.8 Å². The van der Waals surface area contributed by atoms with E-state index in [-0.39, 0.29) is 11.6 Å². The number of ether oxygens (including phenoxy) is 1. The van der Waals surface area contributed by atoms with Gasteiger partial charge in [-0.15, -0.1) is 0 Å². The Morgan fingerprint density at radius 1 is 1.43 bits per heavy atom. The highest BCUT2D eigenvalue weighted by Crippen LogP contribution is 2.30. The molecule has 2 aromatic heterocycles. The number of anilines is 1. The summed E-state index contributed by atoms with van der Waals surface area (Å²) in [7, 11) is 0. The molecule has 1 N–H and O–H groups in total. The van der Waals surface area contributed by atoms with Gasteiger partial charge in [-0.05, 0) is 19.4 Å². The normalized spacial score (nSPS) is 10.4. The molecule has 0 aliphatic heterocycles. The molecular formula is C13H17N5O3. The van der Waals surface area contributed by atoms with Gasteiger partial charge in [0.15, 0.2) is 5.75 Å². The van der Waals surface area contributed by atoms with Crippen LogP contribution in [0.15, 0.2) is 24.5 Å². The Balaban J connectivity index is 2.27. The molecule has 0 atom stereocenters.